The van der Waals surface area contributed by atoms with Crippen molar-refractivity contribution in [2.45, 2.75) is 54.2 Å². The van der Waals surface area contributed by atoms with E-state index in [1.165, 1.54) is 97.2 Å². The second kappa shape index (κ2) is 17.7. The third-order valence-corrected chi connectivity index (χ3v) is 23.0. The van der Waals surface area contributed by atoms with E-state index in [0.29, 0.717) is 0 Å². The van der Waals surface area contributed by atoms with E-state index in [9.17, 15) is 0 Å². The van der Waals surface area contributed by atoms with Crippen molar-refractivity contribution in [2.24, 2.45) is 0 Å². The van der Waals surface area contributed by atoms with Crippen LogP contribution in [0.3, 0.4) is 0 Å². The van der Waals surface area contributed by atoms with Crippen molar-refractivity contribution in [2.75, 3.05) is 0 Å². The number of fused-ring (bicyclic) bond motifs is 2. The first kappa shape index (κ1) is 43.0. The minimum absolute atomic E-state index is 0. The quantitative estimate of drug-likeness (QED) is 0.152. The Hall–Kier alpha value is -5.31. The van der Waals surface area contributed by atoms with Gasteiger partial charge in [-0.1, -0.05) is 0 Å². The van der Waals surface area contributed by atoms with Crippen LogP contribution in [0.5, 0.6) is 0 Å². The summed E-state index contributed by atoms with van der Waals surface area (Å²) in [5.41, 5.74) is 21.2. The van der Waals surface area contributed by atoms with Crippen LogP contribution in [0.1, 0.15) is 82.5 Å². The smallest absolute Gasteiger partial charge is 1.00 e. The molecule has 2 unspecified atom stereocenters. The van der Waals surface area contributed by atoms with E-state index in [0.717, 1.165) is 34.2 Å². The van der Waals surface area contributed by atoms with Gasteiger partial charge in [0, 0.05) is 0 Å². The van der Waals surface area contributed by atoms with Gasteiger partial charge in [-0.15, -0.1) is 0 Å². The number of aryl methyl sites for hydroxylation is 2. The van der Waals surface area contributed by atoms with Gasteiger partial charge in [0.25, 0.3) is 0 Å². The Kier molecular flexibility index (Phi) is 12.1. The van der Waals surface area contributed by atoms with Crippen LogP contribution in [-0.2, 0) is 21.3 Å². The number of benzene rings is 6. The number of furan rings is 2. The number of allylic oxidation sites excluding steroid dienone is 2. The van der Waals surface area contributed by atoms with Crippen LogP contribution in [0, 0.1) is 27.7 Å². The molecule has 3 aliphatic carbocycles. The van der Waals surface area contributed by atoms with E-state index in [1.54, 1.807) is 0 Å². The van der Waals surface area contributed by atoms with E-state index in [4.69, 9.17) is 8.83 Å². The maximum atomic E-state index is 7.03. The van der Waals surface area contributed by atoms with Crippen molar-refractivity contribution in [1.29, 1.82) is 0 Å². The largest absolute Gasteiger partial charge is 1.00 e. The molecular weight excluding hydrogens is 891 g/mol. The summed E-state index contributed by atoms with van der Waals surface area (Å²) in [6.45, 7) is 9.26. The van der Waals surface area contributed by atoms with Crippen molar-refractivity contribution in [3.8, 4) is 44.9 Å². The third-order valence-electron chi connectivity index (χ3n) is 13.7. The molecule has 0 saturated heterocycles. The maximum absolute atomic E-state index is 7.03. The van der Waals surface area contributed by atoms with Crippen LogP contribution in [0.25, 0.3) is 68.2 Å². The van der Waals surface area contributed by atoms with Gasteiger partial charge in [0.15, 0.2) is 0 Å². The third kappa shape index (κ3) is 7.47. The number of hydrogen-bond acceptors (Lipinski definition) is 2. The van der Waals surface area contributed by atoms with E-state index in [2.05, 4.69) is 198 Å². The maximum Gasteiger partial charge on any atom is -1.00 e. The minimum atomic E-state index is -2.96. The van der Waals surface area contributed by atoms with Gasteiger partial charge in [-0.3, -0.25) is 0 Å². The SMILES string of the molecule is Cc1cc2c(c(-c3ccccc3)c1C)C=C(c1ccc(-c3ccccc3)o1)[CH]2[Zr+2](=[C]1CCC1)[CH]1C(c2ccc(-c3ccccc3)o2)=Cc2c1cc(C)c(C)c2-c1ccccc1.[Cl-].[Cl-]. The fourth-order valence-corrected chi connectivity index (χ4v) is 21.0. The standard InChI is InChI=1S/2C27H21O.C4H6.2ClH.Zr/c2*1-18-15-22-16-23(26-14-13-25(28-26)20-9-5-3-6-10-20)17-24(22)27(19(18)2)21-11-7-4-8-12-21;1-2-4-3-1;;;/h2*3-17H,1-2H3;1-3H2;2*1H;/q;;;;;+2/p-2. The van der Waals surface area contributed by atoms with Crippen molar-refractivity contribution in [3.63, 3.8) is 0 Å². The molecule has 63 heavy (non-hydrogen) atoms. The molecule has 3 aliphatic rings. The molecule has 8 aromatic rings. The summed E-state index contributed by atoms with van der Waals surface area (Å²) in [6.07, 6.45) is 8.76. The second-order valence-electron chi connectivity index (χ2n) is 17.2. The van der Waals surface area contributed by atoms with Crippen molar-refractivity contribution in [1.82, 2.24) is 0 Å². The Morgan fingerprint density at radius 1 is 0.429 bits per heavy atom. The van der Waals surface area contributed by atoms with Gasteiger partial charge in [0.05, 0.1) is 0 Å². The van der Waals surface area contributed by atoms with Crippen LogP contribution < -0.4 is 24.8 Å². The molecule has 0 radical (unpaired) electrons. The Balaban J connectivity index is 0.00000252. The average molecular weight is 939 g/mol. The molecule has 2 aromatic heterocycles. The molecule has 2 atom stereocenters. The van der Waals surface area contributed by atoms with E-state index >= 15 is 0 Å². The molecule has 0 bridgehead atoms. The van der Waals surface area contributed by atoms with E-state index < -0.39 is 21.3 Å². The molecule has 6 aromatic carbocycles. The van der Waals surface area contributed by atoms with E-state index in [1.807, 2.05) is 3.21 Å². The monoisotopic (exact) mass is 936 g/mol. The molecular formula is C58H48Cl2O2Zr. The van der Waals surface area contributed by atoms with Gasteiger partial charge in [-0.2, -0.15) is 0 Å². The Morgan fingerprint density at radius 2 is 0.778 bits per heavy atom. The second-order valence-corrected chi connectivity index (χ2v) is 24.0. The zero-order valence-corrected chi connectivity index (χ0v) is 40.0. The van der Waals surface area contributed by atoms with Crippen LogP contribution in [0.15, 0.2) is 167 Å². The molecule has 11 rings (SSSR count). The van der Waals surface area contributed by atoms with Crippen LogP contribution in [0.4, 0.5) is 0 Å². The van der Waals surface area contributed by atoms with Crippen LogP contribution in [-0.4, -0.2) is 3.21 Å². The normalized spacial score (nSPS) is 15.8. The molecule has 0 aliphatic heterocycles. The summed E-state index contributed by atoms with van der Waals surface area (Å²) in [7, 11) is 0. The summed E-state index contributed by atoms with van der Waals surface area (Å²) < 4.78 is 16.4. The zero-order valence-electron chi connectivity index (χ0n) is 36.0. The zero-order chi connectivity index (χ0) is 41.2. The molecule has 5 heteroatoms. The Morgan fingerprint density at radius 3 is 1.13 bits per heavy atom. The van der Waals surface area contributed by atoms with Crippen LogP contribution >= 0.6 is 0 Å². The molecule has 0 N–H and O–H groups in total. The first-order valence-electron chi connectivity index (χ1n) is 21.8. The van der Waals surface area contributed by atoms with Crippen molar-refractivity contribution in [3.05, 3.63) is 214 Å². The van der Waals surface area contributed by atoms with Gasteiger partial charge >= 0.3 is 369 Å². The average Bonchev–Trinajstić information content (AvgIpc) is 4.10. The van der Waals surface area contributed by atoms with Crippen molar-refractivity contribution < 1.29 is 54.9 Å². The molecule has 2 heterocycles. The topological polar surface area (TPSA) is 26.3 Å². The fourth-order valence-electron chi connectivity index (χ4n) is 10.3. The van der Waals surface area contributed by atoms with Gasteiger partial charge in [0.1, 0.15) is 0 Å². The van der Waals surface area contributed by atoms with Gasteiger partial charge in [0.2, 0.25) is 0 Å². The summed E-state index contributed by atoms with van der Waals surface area (Å²) in [6, 6.07) is 57.2. The molecule has 1 saturated carbocycles. The molecule has 1 fully saturated rings. The summed E-state index contributed by atoms with van der Waals surface area (Å²) in [5.74, 6) is 3.81. The number of halogens is 2. The summed E-state index contributed by atoms with van der Waals surface area (Å²) in [5, 5.41) is 0. The van der Waals surface area contributed by atoms with Gasteiger partial charge in [-0.25, -0.2) is 0 Å². The van der Waals surface area contributed by atoms with Gasteiger partial charge in [-0.05, 0) is 0 Å². The fraction of sp³-hybridized carbons (Fsp3) is 0.155. The predicted molar refractivity (Wildman–Crippen MR) is 251 cm³/mol. The molecule has 0 amide bonds. The predicted octanol–water partition coefficient (Wildman–Crippen LogP) is 9.65. The Labute approximate surface area is 391 Å². The molecule has 0 spiro atoms. The molecule has 310 valence electrons. The Bertz CT molecular complexity index is 2870. The summed E-state index contributed by atoms with van der Waals surface area (Å²) in [4.78, 5) is 0. The minimum Gasteiger partial charge on any atom is -1.00 e. The first-order valence-corrected chi connectivity index (χ1v) is 25.8. The van der Waals surface area contributed by atoms with E-state index in [-0.39, 0.29) is 32.1 Å². The van der Waals surface area contributed by atoms with Crippen LogP contribution in [0.2, 0.25) is 0 Å². The molecule has 2 nitrogen and oxygen atoms in total. The first-order chi connectivity index (χ1) is 29.9. The number of rotatable bonds is 8. The van der Waals surface area contributed by atoms with Crippen molar-refractivity contribution >= 4 is 26.5 Å². The summed E-state index contributed by atoms with van der Waals surface area (Å²) >= 11 is -2.96. The number of hydrogen-bond donors (Lipinski definition) is 0. The van der Waals surface area contributed by atoms with Gasteiger partial charge < -0.3 is 24.8 Å².